The van der Waals surface area contributed by atoms with Crippen LogP contribution in [-0.4, -0.2) is 29.3 Å². The van der Waals surface area contributed by atoms with E-state index in [0.29, 0.717) is 19.6 Å². The summed E-state index contributed by atoms with van der Waals surface area (Å²) in [7, 11) is 0. The molecule has 0 bridgehead atoms. The maximum Gasteiger partial charge on any atom is 0.119 e. The predicted molar refractivity (Wildman–Crippen MR) is 89.5 cm³/mol. The van der Waals surface area contributed by atoms with Gasteiger partial charge >= 0.3 is 0 Å². The van der Waals surface area contributed by atoms with Gasteiger partial charge in [0.05, 0.1) is 25.6 Å². The largest absolute Gasteiger partial charge is 0.491 e. The standard InChI is InChI=1S/C19H21NO4/c21-16(15-24-17-6-2-1-3-7-17)12-20(13-18-8-4-10-22-18)14-19-9-5-11-23-19/h1-11,16,21H,12-15H2/t16-/m1/s1. The van der Waals surface area contributed by atoms with Crippen molar-refractivity contribution in [1.29, 1.82) is 0 Å². The normalized spacial score (nSPS) is 12.4. The van der Waals surface area contributed by atoms with E-state index in [1.807, 2.05) is 54.6 Å². The zero-order chi connectivity index (χ0) is 16.6. The van der Waals surface area contributed by atoms with Gasteiger partial charge in [0.15, 0.2) is 0 Å². The van der Waals surface area contributed by atoms with E-state index in [4.69, 9.17) is 13.6 Å². The lowest BCUT2D eigenvalue weighted by Gasteiger charge is -2.23. The van der Waals surface area contributed by atoms with Gasteiger partial charge in [0, 0.05) is 6.54 Å². The number of benzene rings is 1. The molecule has 3 aromatic rings. The van der Waals surface area contributed by atoms with Gasteiger partial charge in [0.1, 0.15) is 30.0 Å². The number of para-hydroxylation sites is 1. The number of nitrogens with zero attached hydrogens (tertiary/aromatic N) is 1. The third kappa shape index (κ3) is 5.01. The first-order valence-electron chi connectivity index (χ1n) is 7.92. The zero-order valence-electron chi connectivity index (χ0n) is 13.4. The van der Waals surface area contributed by atoms with Gasteiger partial charge in [-0.15, -0.1) is 0 Å². The van der Waals surface area contributed by atoms with E-state index >= 15 is 0 Å². The molecule has 1 N–H and O–H groups in total. The van der Waals surface area contributed by atoms with Crippen LogP contribution in [0, 0.1) is 0 Å². The second-order valence-corrected chi connectivity index (χ2v) is 5.61. The summed E-state index contributed by atoms with van der Waals surface area (Å²) in [5, 5.41) is 10.3. The Labute approximate surface area is 141 Å². The number of ether oxygens (including phenoxy) is 1. The number of aliphatic hydroxyl groups excluding tert-OH is 1. The van der Waals surface area contributed by atoms with E-state index in [-0.39, 0.29) is 6.61 Å². The van der Waals surface area contributed by atoms with Crippen LogP contribution in [0.1, 0.15) is 11.5 Å². The van der Waals surface area contributed by atoms with Crippen molar-refractivity contribution in [3.05, 3.63) is 78.6 Å². The highest BCUT2D eigenvalue weighted by Gasteiger charge is 2.16. The zero-order valence-corrected chi connectivity index (χ0v) is 13.4. The molecule has 0 radical (unpaired) electrons. The quantitative estimate of drug-likeness (QED) is 0.653. The van der Waals surface area contributed by atoms with Crippen LogP contribution in [0.5, 0.6) is 5.75 Å². The van der Waals surface area contributed by atoms with Crippen molar-refractivity contribution in [2.45, 2.75) is 19.2 Å². The molecule has 2 heterocycles. The molecule has 0 saturated carbocycles. The molecule has 0 saturated heterocycles. The lowest BCUT2D eigenvalue weighted by Crippen LogP contribution is -2.34. The van der Waals surface area contributed by atoms with E-state index in [1.54, 1.807) is 12.5 Å². The molecule has 0 aliphatic heterocycles. The van der Waals surface area contributed by atoms with Crippen molar-refractivity contribution in [3.8, 4) is 5.75 Å². The minimum absolute atomic E-state index is 0.233. The van der Waals surface area contributed by atoms with E-state index in [2.05, 4.69) is 4.90 Å². The average molecular weight is 327 g/mol. The number of hydrogen-bond donors (Lipinski definition) is 1. The summed E-state index contributed by atoms with van der Waals surface area (Å²) in [5.74, 6) is 2.44. The Kier molecular flexibility index (Phi) is 5.71. The van der Waals surface area contributed by atoms with Crippen LogP contribution < -0.4 is 4.74 Å². The highest BCUT2D eigenvalue weighted by Crippen LogP contribution is 2.13. The van der Waals surface area contributed by atoms with Crippen LogP contribution in [0.3, 0.4) is 0 Å². The SMILES string of the molecule is O[C@@H](COc1ccccc1)CN(Cc1ccco1)Cc1ccco1. The van der Waals surface area contributed by atoms with Gasteiger partial charge in [-0.2, -0.15) is 0 Å². The summed E-state index contributed by atoms with van der Waals surface area (Å²) in [6.45, 7) is 1.87. The Morgan fingerprint density at radius 1 is 0.875 bits per heavy atom. The number of rotatable bonds is 9. The molecule has 0 aliphatic carbocycles. The van der Waals surface area contributed by atoms with Gasteiger partial charge in [0.2, 0.25) is 0 Å². The summed E-state index contributed by atoms with van der Waals surface area (Å²) < 4.78 is 16.4. The minimum atomic E-state index is -0.616. The Morgan fingerprint density at radius 3 is 2.04 bits per heavy atom. The molecule has 0 spiro atoms. The molecule has 0 fully saturated rings. The third-order valence-electron chi connectivity index (χ3n) is 3.57. The number of aliphatic hydroxyl groups is 1. The number of furan rings is 2. The van der Waals surface area contributed by atoms with Crippen LogP contribution in [0.2, 0.25) is 0 Å². The summed E-state index contributed by atoms with van der Waals surface area (Å²) in [4.78, 5) is 2.07. The second-order valence-electron chi connectivity index (χ2n) is 5.61. The van der Waals surface area contributed by atoms with E-state index in [0.717, 1.165) is 17.3 Å². The second kappa shape index (κ2) is 8.38. The molecule has 24 heavy (non-hydrogen) atoms. The molecule has 0 amide bonds. The van der Waals surface area contributed by atoms with Gasteiger partial charge in [0.25, 0.3) is 0 Å². The lowest BCUT2D eigenvalue weighted by molar-refractivity contribution is 0.0580. The predicted octanol–water partition coefficient (Wildman–Crippen LogP) is 3.31. The first-order valence-corrected chi connectivity index (χ1v) is 7.92. The van der Waals surface area contributed by atoms with Gasteiger partial charge in [-0.1, -0.05) is 18.2 Å². The smallest absolute Gasteiger partial charge is 0.119 e. The first kappa shape index (κ1) is 16.4. The molecule has 0 unspecified atom stereocenters. The van der Waals surface area contributed by atoms with Gasteiger partial charge in [-0.25, -0.2) is 0 Å². The average Bonchev–Trinajstić information content (AvgIpc) is 3.28. The Hall–Kier alpha value is -2.50. The minimum Gasteiger partial charge on any atom is -0.491 e. The fourth-order valence-corrected chi connectivity index (χ4v) is 2.49. The molecular formula is C19H21NO4. The van der Waals surface area contributed by atoms with Crippen molar-refractivity contribution in [2.75, 3.05) is 13.2 Å². The molecule has 0 aliphatic rings. The third-order valence-corrected chi connectivity index (χ3v) is 3.57. The van der Waals surface area contributed by atoms with Crippen molar-refractivity contribution >= 4 is 0 Å². The van der Waals surface area contributed by atoms with Crippen LogP contribution in [-0.2, 0) is 13.1 Å². The van der Waals surface area contributed by atoms with E-state index in [9.17, 15) is 5.11 Å². The van der Waals surface area contributed by atoms with Crippen molar-refractivity contribution in [2.24, 2.45) is 0 Å². The van der Waals surface area contributed by atoms with Crippen LogP contribution in [0.15, 0.2) is 76.0 Å². The number of hydrogen-bond acceptors (Lipinski definition) is 5. The molecule has 3 rings (SSSR count). The maximum absolute atomic E-state index is 10.3. The maximum atomic E-state index is 10.3. The Morgan fingerprint density at radius 2 is 1.50 bits per heavy atom. The van der Waals surface area contributed by atoms with Crippen LogP contribution >= 0.6 is 0 Å². The molecule has 2 aromatic heterocycles. The summed E-state index contributed by atoms with van der Waals surface area (Å²) in [5.41, 5.74) is 0. The van der Waals surface area contributed by atoms with Crippen molar-refractivity contribution in [3.63, 3.8) is 0 Å². The van der Waals surface area contributed by atoms with Gasteiger partial charge < -0.3 is 18.7 Å². The van der Waals surface area contributed by atoms with Crippen LogP contribution in [0.25, 0.3) is 0 Å². The monoisotopic (exact) mass is 327 g/mol. The molecule has 1 aromatic carbocycles. The molecular weight excluding hydrogens is 306 g/mol. The molecule has 5 nitrogen and oxygen atoms in total. The van der Waals surface area contributed by atoms with Crippen LogP contribution in [0.4, 0.5) is 0 Å². The first-order chi connectivity index (χ1) is 11.8. The Balaban J connectivity index is 1.55. The van der Waals surface area contributed by atoms with Gasteiger partial charge in [-0.3, -0.25) is 4.90 Å². The summed E-state index contributed by atoms with van der Waals surface area (Å²) in [6, 6.07) is 17.0. The van der Waals surface area contributed by atoms with E-state index < -0.39 is 6.10 Å². The van der Waals surface area contributed by atoms with Crippen molar-refractivity contribution in [1.82, 2.24) is 4.90 Å². The summed E-state index contributed by atoms with van der Waals surface area (Å²) in [6.07, 6.45) is 2.68. The fraction of sp³-hybridized carbons (Fsp3) is 0.263. The highest BCUT2D eigenvalue weighted by atomic mass is 16.5. The molecule has 126 valence electrons. The van der Waals surface area contributed by atoms with Gasteiger partial charge in [-0.05, 0) is 36.4 Å². The lowest BCUT2D eigenvalue weighted by atomic mass is 10.3. The topological polar surface area (TPSA) is 59.0 Å². The molecule has 1 atom stereocenters. The van der Waals surface area contributed by atoms with E-state index in [1.165, 1.54) is 0 Å². The fourth-order valence-electron chi connectivity index (χ4n) is 2.49. The summed E-state index contributed by atoms with van der Waals surface area (Å²) >= 11 is 0. The molecule has 5 heteroatoms. The van der Waals surface area contributed by atoms with Crippen molar-refractivity contribution < 1.29 is 18.7 Å². The Bertz CT molecular complexity index is 643. The highest BCUT2D eigenvalue weighted by molar-refractivity contribution is 5.20.